The van der Waals surface area contributed by atoms with Crippen LogP contribution in [0.1, 0.15) is 58.7 Å². The van der Waals surface area contributed by atoms with Crippen LogP contribution in [-0.2, 0) is 14.3 Å². The molecule has 0 amide bonds. The number of aromatic nitrogens is 1. The lowest BCUT2D eigenvalue weighted by molar-refractivity contribution is -0.139. The van der Waals surface area contributed by atoms with Crippen molar-refractivity contribution < 1.29 is 33.3 Å². The third-order valence-electron chi connectivity index (χ3n) is 6.26. The van der Waals surface area contributed by atoms with Crippen LogP contribution in [0, 0.1) is 0 Å². The molecule has 0 unspecified atom stereocenters. The van der Waals surface area contributed by atoms with Crippen molar-refractivity contribution in [3.05, 3.63) is 76.9 Å². The van der Waals surface area contributed by atoms with Gasteiger partial charge < -0.3 is 23.7 Å². The first-order valence-electron chi connectivity index (χ1n) is 13.7. The monoisotopic (exact) mass is 672 g/mol. The van der Waals surface area contributed by atoms with E-state index in [2.05, 4.69) is 20.9 Å². The van der Waals surface area contributed by atoms with Crippen molar-refractivity contribution in [1.29, 1.82) is 0 Å². The molecule has 2 aromatic carbocycles. The van der Waals surface area contributed by atoms with Crippen LogP contribution in [0.3, 0.4) is 0 Å². The number of ether oxygens (including phenoxy) is 5. The van der Waals surface area contributed by atoms with Crippen LogP contribution in [0.15, 0.2) is 55.9 Å². The molecule has 4 rings (SSSR count). The van der Waals surface area contributed by atoms with Gasteiger partial charge in [-0.2, -0.15) is 0 Å². The second-order valence-corrected chi connectivity index (χ2v) is 11.6. The average Bonchev–Trinajstić information content (AvgIpc) is 3.23. The maximum Gasteiger partial charge on any atom is 0.338 e. The summed E-state index contributed by atoms with van der Waals surface area (Å²) >= 11 is 4.64. The molecule has 0 N–H and O–H groups in total. The standard InChI is InChI=1S/C31H33BrN2O8S/c1-8-39-24-13-19(12-21(32)28(24)42-18(6)35)14-25-29(36)34-27(20-10-11-22(41-16(3)4)23(15-20)38-7)26(30(37)40-9-2)17(5)33-31(34)43-25/h10-16,27H,8-9H2,1-7H3/b25-14+/t27-/m1/s1. The van der Waals surface area contributed by atoms with Gasteiger partial charge in [0, 0.05) is 6.92 Å². The van der Waals surface area contributed by atoms with E-state index in [1.165, 1.54) is 29.9 Å². The number of fused-ring (bicyclic) bond motifs is 1. The van der Waals surface area contributed by atoms with Crippen LogP contribution in [0.25, 0.3) is 6.08 Å². The van der Waals surface area contributed by atoms with Crippen LogP contribution < -0.4 is 33.8 Å². The van der Waals surface area contributed by atoms with Gasteiger partial charge in [-0.05, 0) is 92.0 Å². The molecular weight excluding hydrogens is 640 g/mol. The summed E-state index contributed by atoms with van der Waals surface area (Å²) in [4.78, 5) is 44.0. The van der Waals surface area contributed by atoms with Crippen LogP contribution in [0.4, 0.5) is 0 Å². The van der Waals surface area contributed by atoms with Crippen molar-refractivity contribution in [2.24, 2.45) is 4.99 Å². The number of methoxy groups -OCH3 is 1. The molecule has 1 atom stereocenters. The van der Waals surface area contributed by atoms with Crippen LogP contribution in [0.5, 0.6) is 23.0 Å². The summed E-state index contributed by atoms with van der Waals surface area (Å²) in [6.45, 7) is 10.9. The molecule has 1 aromatic heterocycles. The molecule has 0 spiro atoms. The Morgan fingerprint density at radius 2 is 1.86 bits per heavy atom. The number of carbonyl (C=O) groups excluding carboxylic acids is 2. The molecule has 0 radical (unpaired) electrons. The number of nitrogens with zero attached hydrogens (tertiary/aromatic N) is 2. The normalized spacial score (nSPS) is 14.7. The molecular formula is C31H33BrN2O8S. The predicted octanol–water partition coefficient (Wildman–Crippen LogP) is 4.68. The van der Waals surface area contributed by atoms with Gasteiger partial charge in [0.15, 0.2) is 27.8 Å². The summed E-state index contributed by atoms with van der Waals surface area (Å²) in [5.74, 6) is 0.556. The molecule has 228 valence electrons. The molecule has 1 aliphatic rings. The number of esters is 2. The Morgan fingerprint density at radius 3 is 2.49 bits per heavy atom. The van der Waals surface area contributed by atoms with Crippen LogP contribution >= 0.6 is 27.3 Å². The van der Waals surface area contributed by atoms with Crippen molar-refractivity contribution >= 4 is 45.3 Å². The topological polar surface area (TPSA) is 115 Å². The highest BCUT2D eigenvalue weighted by Gasteiger charge is 2.34. The van der Waals surface area contributed by atoms with Crippen LogP contribution in [0.2, 0.25) is 0 Å². The molecule has 3 aromatic rings. The van der Waals surface area contributed by atoms with Crippen molar-refractivity contribution in [2.75, 3.05) is 20.3 Å². The Bertz CT molecular complexity index is 1770. The zero-order valence-corrected chi connectivity index (χ0v) is 27.4. The number of benzene rings is 2. The van der Waals surface area contributed by atoms with E-state index in [0.717, 1.165) is 0 Å². The number of allylic oxidation sites excluding steroid dienone is 1. The highest BCUT2D eigenvalue weighted by atomic mass is 79.9. The Balaban J connectivity index is 1.93. The van der Waals surface area contributed by atoms with Gasteiger partial charge in [0.2, 0.25) is 0 Å². The maximum atomic E-state index is 14.0. The van der Waals surface area contributed by atoms with E-state index in [-0.39, 0.29) is 29.6 Å². The molecule has 10 nitrogen and oxygen atoms in total. The summed E-state index contributed by atoms with van der Waals surface area (Å²) in [6.07, 6.45) is 1.62. The largest absolute Gasteiger partial charge is 0.493 e. The molecule has 0 aliphatic carbocycles. The first kappa shape index (κ1) is 32.0. The Morgan fingerprint density at radius 1 is 1.12 bits per heavy atom. The second-order valence-electron chi connectivity index (χ2n) is 9.74. The number of rotatable bonds is 10. The van der Waals surface area contributed by atoms with Gasteiger partial charge in [-0.15, -0.1) is 0 Å². The molecule has 12 heteroatoms. The van der Waals surface area contributed by atoms with Gasteiger partial charge >= 0.3 is 11.9 Å². The molecule has 0 bridgehead atoms. The average molecular weight is 674 g/mol. The zero-order valence-electron chi connectivity index (χ0n) is 25.0. The number of carbonyl (C=O) groups is 2. The highest BCUT2D eigenvalue weighted by Crippen LogP contribution is 2.38. The lowest BCUT2D eigenvalue weighted by Gasteiger charge is -2.25. The SMILES string of the molecule is CCOC(=O)C1=C(C)N=c2s/c(=C/c3cc(Br)c(OC(C)=O)c(OCC)c3)c(=O)n2[C@@H]1c1ccc(OC(C)C)c(OC)c1. The highest BCUT2D eigenvalue weighted by molar-refractivity contribution is 9.10. The molecule has 43 heavy (non-hydrogen) atoms. The van der Waals surface area contributed by atoms with Gasteiger partial charge in [-0.1, -0.05) is 17.4 Å². The fourth-order valence-electron chi connectivity index (χ4n) is 4.64. The molecule has 0 fully saturated rings. The van der Waals surface area contributed by atoms with Crippen molar-refractivity contribution in [3.63, 3.8) is 0 Å². The lowest BCUT2D eigenvalue weighted by atomic mass is 9.95. The second kappa shape index (κ2) is 13.6. The van der Waals surface area contributed by atoms with Crippen molar-refractivity contribution in [3.8, 4) is 23.0 Å². The maximum absolute atomic E-state index is 14.0. The van der Waals surface area contributed by atoms with Gasteiger partial charge in [0.05, 0.1) is 52.7 Å². The predicted molar refractivity (Wildman–Crippen MR) is 166 cm³/mol. The van der Waals surface area contributed by atoms with Gasteiger partial charge in [-0.25, -0.2) is 9.79 Å². The number of thiazole rings is 1. The zero-order chi connectivity index (χ0) is 31.4. The fourth-order valence-corrected chi connectivity index (χ4v) is 6.23. The minimum atomic E-state index is -0.823. The lowest BCUT2D eigenvalue weighted by Crippen LogP contribution is -2.40. The van der Waals surface area contributed by atoms with Gasteiger partial charge in [0.1, 0.15) is 0 Å². The van der Waals surface area contributed by atoms with E-state index in [0.29, 0.717) is 54.5 Å². The van der Waals surface area contributed by atoms with Gasteiger partial charge in [0.25, 0.3) is 5.56 Å². The molecule has 2 heterocycles. The van der Waals surface area contributed by atoms with E-state index in [4.69, 9.17) is 23.7 Å². The third kappa shape index (κ3) is 6.86. The minimum absolute atomic E-state index is 0.0824. The summed E-state index contributed by atoms with van der Waals surface area (Å²) in [6, 6.07) is 7.92. The molecule has 1 aliphatic heterocycles. The Labute approximate surface area is 261 Å². The van der Waals surface area contributed by atoms with Crippen molar-refractivity contribution in [2.45, 2.75) is 53.7 Å². The minimum Gasteiger partial charge on any atom is -0.493 e. The number of halogens is 1. The van der Waals surface area contributed by atoms with E-state index >= 15 is 0 Å². The van der Waals surface area contributed by atoms with E-state index in [9.17, 15) is 14.4 Å². The van der Waals surface area contributed by atoms with E-state index in [1.54, 1.807) is 50.3 Å². The molecule has 0 saturated heterocycles. The number of hydrogen-bond acceptors (Lipinski definition) is 10. The Hall–Kier alpha value is -3.90. The summed E-state index contributed by atoms with van der Waals surface area (Å²) < 4.78 is 30.3. The number of hydrogen-bond donors (Lipinski definition) is 0. The summed E-state index contributed by atoms with van der Waals surface area (Å²) in [5.41, 5.74) is 1.62. The first-order chi connectivity index (χ1) is 20.5. The Kier molecular flexibility index (Phi) is 10.1. The smallest absolute Gasteiger partial charge is 0.338 e. The first-order valence-corrected chi connectivity index (χ1v) is 15.3. The van der Waals surface area contributed by atoms with Gasteiger partial charge in [-0.3, -0.25) is 14.2 Å². The molecule has 0 saturated carbocycles. The fraction of sp³-hybridized carbons (Fsp3) is 0.355. The summed E-state index contributed by atoms with van der Waals surface area (Å²) in [5, 5.41) is 0. The van der Waals surface area contributed by atoms with Crippen molar-refractivity contribution in [1.82, 2.24) is 4.57 Å². The van der Waals surface area contributed by atoms with E-state index < -0.39 is 18.0 Å². The third-order valence-corrected chi connectivity index (χ3v) is 7.83. The van der Waals surface area contributed by atoms with Crippen LogP contribution in [-0.4, -0.2) is 42.9 Å². The quantitative estimate of drug-likeness (QED) is 0.225. The van der Waals surface area contributed by atoms with E-state index in [1.807, 2.05) is 20.8 Å². The summed E-state index contributed by atoms with van der Waals surface area (Å²) in [7, 11) is 1.53.